The van der Waals surface area contributed by atoms with Gasteiger partial charge in [0.2, 0.25) is 15.9 Å². The smallest absolute Gasteiger partial charge is 0.243 e. The number of hydrogen-bond acceptors (Lipinski definition) is 5. The summed E-state index contributed by atoms with van der Waals surface area (Å²) in [5.41, 5.74) is 0.547. The van der Waals surface area contributed by atoms with Gasteiger partial charge >= 0.3 is 0 Å². The Morgan fingerprint density at radius 2 is 1.76 bits per heavy atom. The molecule has 29 heavy (non-hydrogen) atoms. The van der Waals surface area contributed by atoms with Crippen molar-refractivity contribution in [2.45, 2.75) is 30.2 Å². The van der Waals surface area contributed by atoms with Crippen molar-refractivity contribution in [1.82, 2.24) is 4.31 Å². The highest BCUT2D eigenvalue weighted by molar-refractivity contribution is 9.10. The van der Waals surface area contributed by atoms with E-state index in [1.807, 2.05) is 0 Å². The van der Waals surface area contributed by atoms with E-state index in [1.54, 1.807) is 42.5 Å². The number of anilines is 1. The van der Waals surface area contributed by atoms with Crippen LogP contribution in [0.5, 0.6) is 11.5 Å². The molecule has 0 spiro atoms. The molecule has 7 nitrogen and oxygen atoms in total. The van der Waals surface area contributed by atoms with Crippen LogP contribution < -0.4 is 14.8 Å². The Balaban J connectivity index is 1.55. The molecule has 0 aliphatic carbocycles. The van der Waals surface area contributed by atoms with Crippen molar-refractivity contribution in [3.05, 3.63) is 46.9 Å². The Labute approximate surface area is 178 Å². The van der Waals surface area contributed by atoms with Crippen LogP contribution in [0.1, 0.15) is 19.3 Å². The third-order valence-corrected chi connectivity index (χ3v) is 7.44. The van der Waals surface area contributed by atoms with Gasteiger partial charge in [0.15, 0.2) is 11.5 Å². The first-order valence-corrected chi connectivity index (χ1v) is 11.7. The van der Waals surface area contributed by atoms with Gasteiger partial charge in [0, 0.05) is 22.8 Å². The molecule has 2 aromatic rings. The van der Waals surface area contributed by atoms with Crippen LogP contribution in [0.4, 0.5) is 5.69 Å². The SMILES string of the molecule is O=C(Nc1ccc2c(c1)OCCO2)[C@H]1CCCCN1S(=O)(=O)c1ccc(Br)cc1. The van der Waals surface area contributed by atoms with Crippen molar-refractivity contribution in [3.8, 4) is 11.5 Å². The van der Waals surface area contributed by atoms with Gasteiger partial charge in [0.25, 0.3) is 0 Å². The highest BCUT2D eigenvalue weighted by Crippen LogP contribution is 2.33. The van der Waals surface area contributed by atoms with E-state index in [4.69, 9.17) is 9.47 Å². The molecule has 2 heterocycles. The molecule has 1 fully saturated rings. The fourth-order valence-corrected chi connectivity index (χ4v) is 5.46. The van der Waals surface area contributed by atoms with Crippen LogP contribution in [-0.2, 0) is 14.8 Å². The normalized spacial score (nSPS) is 19.6. The summed E-state index contributed by atoms with van der Waals surface area (Å²) in [6.45, 7) is 1.26. The van der Waals surface area contributed by atoms with Crippen LogP contribution in [0, 0.1) is 0 Å². The summed E-state index contributed by atoms with van der Waals surface area (Å²) in [4.78, 5) is 13.2. The Morgan fingerprint density at radius 3 is 2.52 bits per heavy atom. The molecule has 154 valence electrons. The minimum atomic E-state index is -3.77. The third-order valence-electron chi connectivity index (χ3n) is 4.99. The van der Waals surface area contributed by atoms with Crippen LogP contribution >= 0.6 is 15.9 Å². The van der Waals surface area contributed by atoms with Crippen molar-refractivity contribution in [1.29, 1.82) is 0 Å². The predicted octanol–water partition coefficient (Wildman–Crippen LogP) is 3.40. The second-order valence-electron chi connectivity index (χ2n) is 6.93. The molecule has 2 aromatic carbocycles. The molecular weight excluding hydrogens is 460 g/mol. The number of benzene rings is 2. The van der Waals surface area contributed by atoms with Crippen LogP contribution in [0.2, 0.25) is 0 Å². The van der Waals surface area contributed by atoms with Gasteiger partial charge < -0.3 is 14.8 Å². The maximum Gasteiger partial charge on any atom is 0.243 e. The number of piperidine rings is 1. The van der Waals surface area contributed by atoms with Gasteiger partial charge in [-0.15, -0.1) is 0 Å². The summed E-state index contributed by atoms with van der Waals surface area (Å²) < 4.78 is 39.4. The van der Waals surface area contributed by atoms with Gasteiger partial charge in [-0.2, -0.15) is 4.31 Å². The van der Waals surface area contributed by atoms with Crippen LogP contribution in [0.25, 0.3) is 0 Å². The summed E-state index contributed by atoms with van der Waals surface area (Å²) in [7, 11) is -3.77. The number of sulfonamides is 1. The van der Waals surface area contributed by atoms with Crippen molar-refractivity contribution < 1.29 is 22.7 Å². The molecule has 0 aromatic heterocycles. The number of hydrogen-bond donors (Lipinski definition) is 1. The maximum atomic E-state index is 13.2. The molecule has 1 atom stereocenters. The molecule has 0 bridgehead atoms. The van der Waals surface area contributed by atoms with Gasteiger partial charge in [-0.3, -0.25) is 4.79 Å². The van der Waals surface area contributed by atoms with E-state index in [2.05, 4.69) is 21.2 Å². The average Bonchev–Trinajstić information content (AvgIpc) is 2.74. The standard InChI is InChI=1S/C20H21BrN2O5S/c21-14-4-7-16(8-5-14)29(25,26)23-10-2-1-3-17(23)20(24)22-15-6-9-18-19(13-15)28-12-11-27-18/h4-9,13,17H,1-3,10-12H2,(H,22,24)/t17-/m1/s1. The average molecular weight is 481 g/mol. The fourth-order valence-electron chi connectivity index (χ4n) is 3.54. The van der Waals surface area contributed by atoms with Crippen LogP contribution in [0.3, 0.4) is 0 Å². The minimum absolute atomic E-state index is 0.180. The van der Waals surface area contributed by atoms with Gasteiger partial charge in [0.05, 0.1) is 4.90 Å². The topological polar surface area (TPSA) is 84.9 Å². The summed E-state index contributed by atoms with van der Waals surface area (Å²) in [6.07, 6.45) is 2.00. The zero-order chi connectivity index (χ0) is 20.4. The number of carbonyl (C=O) groups is 1. The summed E-state index contributed by atoms with van der Waals surface area (Å²) >= 11 is 3.31. The third kappa shape index (κ3) is 4.26. The van der Waals surface area contributed by atoms with E-state index in [-0.39, 0.29) is 10.8 Å². The number of amides is 1. The fraction of sp³-hybridized carbons (Fsp3) is 0.350. The lowest BCUT2D eigenvalue weighted by Crippen LogP contribution is -2.49. The Morgan fingerprint density at radius 1 is 1.03 bits per heavy atom. The Hall–Kier alpha value is -2.10. The van der Waals surface area contributed by atoms with Crippen molar-refractivity contribution in [2.24, 2.45) is 0 Å². The second kappa shape index (κ2) is 8.33. The van der Waals surface area contributed by atoms with Gasteiger partial charge in [-0.05, 0) is 49.2 Å². The summed E-state index contributed by atoms with van der Waals surface area (Å²) in [5.74, 6) is 0.852. The lowest BCUT2D eigenvalue weighted by molar-refractivity contribution is -0.120. The second-order valence-corrected chi connectivity index (χ2v) is 9.74. The highest BCUT2D eigenvalue weighted by Gasteiger charge is 2.37. The molecule has 0 unspecified atom stereocenters. The number of fused-ring (bicyclic) bond motifs is 1. The van der Waals surface area contributed by atoms with Crippen LogP contribution in [0.15, 0.2) is 51.8 Å². The van der Waals surface area contributed by atoms with E-state index >= 15 is 0 Å². The molecule has 1 amide bonds. The van der Waals surface area contributed by atoms with Crippen LogP contribution in [-0.4, -0.2) is 44.4 Å². The Bertz CT molecular complexity index is 1010. The number of rotatable bonds is 4. The molecule has 2 aliphatic rings. The first kappa shape index (κ1) is 20.2. The first-order valence-electron chi connectivity index (χ1n) is 9.43. The zero-order valence-corrected chi connectivity index (χ0v) is 18.0. The van der Waals surface area contributed by atoms with Gasteiger partial charge in [-0.25, -0.2) is 8.42 Å². The van der Waals surface area contributed by atoms with Crippen molar-refractivity contribution in [3.63, 3.8) is 0 Å². The largest absolute Gasteiger partial charge is 0.486 e. The maximum absolute atomic E-state index is 13.2. The van der Waals surface area contributed by atoms with E-state index in [0.29, 0.717) is 43.4 Å². The van der Waals surface area contributed by atoms with Gasteiger partial charge in [0.1, 0.15) is 19.3 Å². The first-order chi connectivity index (χ1) is 13.9. The minimum Gasteiger partial charge on any atom is -0.486 e. The zero-order valence-electron chi connectivity index (χ0n) is 15.6. The van der Waals surface area contributed by atoms with Crippen molar-refractivity contribution in [2.75, 3.05) is 25.1 Å². The molecule has 0 saturated carbocycles. The lowest BCUT2D eigenvalue weighted by atomic mass is 10.0. The Kier molecular flexibility index (Phi) is 5.80. The molecular formula is C20H21BrN2O5S. The molecule has 4 rings (SSSR count). The number of carbonyl (C=O) groups excluding carboxylic acids is 1. The van der Waals surface area contributed by atoms with E-state index < -0.39 is 16.1 Å². The number of nitrogens with zero attached hydrogens (tertiary/aromatic N) is 1. The molecule has 1 N–H and O–H groups in total. The molecule has 9 heteroatoms. The van der Waals surface area contributed by atoms with E-state index in [0.717, 1.165) is 17.3 Å². The predicted molar refractivity (Wildman–Crippen MR) is 112 cm³/mol. The lowest BCUT2D eigenvalue weighted by Gasteiger charge is -2.33. The van der Waals surface area contributed by atoms with E-state index in [9.17, 15) is 13.2 Å². The molecule has 0 radical (unpaired) electrons. The molecule has 2 aliphatic heterocycles. The van der Waals surface area contributed by atoms with Crippen molar-refractivity contribution >= 4 is 37.5 Å². The number of ether oxygens (including phenoxy) is 2. The van der Waals surface area contributed by atoms with E-state index in [1.165, 1.54) is 4.31 Å². The molecule has 1 saturated heterocycles. The quantitative estimate of drug-likeness (QED) is 0.724. The monoisotopic (exact) mass is 480 g/mol. The summed E-state index contributed by atoms with van der Waals surface area (Å²) in [5, 5.41) is 2.84. The number of nitrogens with one attached hydrogen (secondary N) is 1. The van der Waals surface area contributed by atoms with Gasteiger partial charge in [-0.1, -0.05) is 22.4 Å². The highest BCUT2D eigenvalue weighted by atomic mass is 79.9. The number of halogens is 1. The summed E-state index contributed by atoms with van der Waals surface area (Å²) in [6, 6.07) is 10.9.